The maximum Gasteiger partial charge on any atom is 0.282 e. The summed E-state index contributed by atoms with van der Waals surface area (Å²) in [7, 11) is 0. The predicted molar refractivity (Wildman–Crippen MR) is 93.5 cm³/mol. The van der Waals surface area contributed by atoms with E-state index in [4.69, 9.17) is 0 Å². The molecular formula is C18H23F2N3O2S. The lowest BCUT2D eigenvalue weighted by molar-refractivity contribution is -0.159. The smallest absolute Gasteiger partial charge is 0.282 e. The summed E-state index contributed by atoms with van der Waals surface area (Å²) in [5, 5.41) is 0.551. The number of alkyl halides is 2. The second kappa shape index (κ2) is 6.87. The van der Waals surface area contributed by atoms with Gasteiger partial charge in [-0.25, -0.2) is 13.8 Å². The van der Waals surface area contributed by atoms with E-state index in [0.717, 1.165) is 36.5 Å². The van der Waals surface area contributed by atoms with Crippen LogP contribution >= 0.6 is 11.3 Å². The van der Waals surface area contributed by atoms with Crippen molar-refractivity contribution in [3.63, 3.8) is 0 Å². The first-order valence-corrected chi connectivity index (χ1v) is 10.2. The molecule has 5 nitrogen and oxygen atoms in total. The SMILES string of the molecule is O=C(c1nc2c(s1)CCN(C(=O)C1CC(F)(F)C1)CC2)N1CCCCC1. The summed E-state index contributed by atoms with van der Waals surface area (Å²) in [6, 6.07) is 0. The molecule has 2 aliphatic heterocycles. The minimum absolute atomic E-state index is 0.0207. The number of hydrogen-bond acceptors (Lipinski definition) is 4. The first-order valence-electron chi connectivity index (χ1n) is 9.37. The minimum atomic E-state index is -2.67. The van der Waals surface area contributed by atoms with Crippen molar-refractivity contribution in [3.8, 4) is 0 Å². The number of carbonyl (C=O) groups is 2. The number of nitrogens with zero attached hydrogens (tertiary/aromatic N) is 3. The molecule has 0 radical (unpaired) electrons. The van der Waals surface area contributed by atoms with Gasteiger partial charge >= 0.3 is 0 Å². The highest BCUT2D eigenvalue weighted by Crippen LogP contribution is 2.43. The monoisotopic (exact) mass is 383 g/mol. The van der Waals surface area contributed by atoms with Crippen LogP contribution in [0.5, 0.6) is 0 Å². The molecule has 1 saturated heterocycles. The van der Waals surface area contributed by atoms with Crippen LogP contribution in [0.3, 0.4) is 0 Å². The molecular weight excluding hydrogens is 360 g/mol. The standard InChI is InChI=1S/C18H23F2N3O2S/c19-18(20)10-12(11-18)16(24)23-8-4-13-14(5-9-23)26-15(21-13)17(25)22-6-2-1-3-7-22/h12H,1-11H2. The Morgan fingerprint density at radius 1 is 1.00 bits per heavy atom. The van der Waals surface area contributed by atoms with Crippen LogP contribution in [0.4, 0.5) is 8.78 Å². The van der Waals surface area contributed by atoms with Gasteiger partial charge in [0.05, 0.1) is 5.69 Å². The van der Waals surface area contributed by atoms with Crippen LogP contribution in [0, 0.1) is 5.92 Å². The third-order valence-corrected chi connectivity index (χ3v) is 6.73. The van der Waals surface area contributed by atoms with Crippen LogP contribution < -0.4 is 0 Å². The molecule has 4 rings (SSSR count). The average Bonchev–Trinajstić information content (AvgIpc) is 2.92. The molecule has 1 aromatic rings. The predicted octanol–water partition coefficient (Wildman–Crippen LogP) is 2.74. The molecule has 26 heavy (non-hydrogen) atoms. The van der Waals surface area contributed by atoms with Gasteiger partial charge in [-0.05, 0) is 19.3 Å². The van der Waals surface area contributed by atoms with Crippen molar-refractivity contribution in [1.29, 1.82) is 0 Å². The minimum Gasteiger partial charge on any atom is -0.342 e. The molecule has 2 fully saturated rings. The third-order valence-electron chi connectivity index (χ3n) is 5.58. The fourth-order valence-corrected chi connectivity index (χ4v) is 5.07. The van der Waals surface area contributed by atoms with E-state index in [9.17, 15) is 18.4 Å². The summed E-state index contributed by atoms with van der Waals surface area (Å²) in [4.78, 5) is 34.2. The highest BCUT2D eigenvalue weighted by molar-refractivity contribution is 7.13. The molecule has 0 spiro atoms. The number of thiazole rings is 1. The number of carbonyl (C=O) groups excluding carboxylic acids is 2. The maximum atomic E-state index is 13.0. The quantitative estimate of drug-likeness (QED) is 0.789. The zero-order chi connectivity index (χ0) is 18.3. The third kappa shape index (κ3) is 3.48. The summed E-state index contributed by atoms with van der Waals surface area (Å²) in [5.41, 5.74) is 0.893. The van der Waals surface area contributed by atoms with Crippen LogP contribution in [0.2, 0.25) is 0 Å². The molecule has 8 heteroatoms. The van der Waals surface area contributed by atoms with Gasteiger partial charge in [0.25, 0.3) is 5.91 Å². The Labute approximate surface area is 155 Å². The summed E-state index contributed by atoms with van der Waals surface area (Å²) in [6.45, 7) is 2.62. The van der Waals surface area contributed by atoms with Crippen molar-refractivity contribution < 1.29 is 18.4 Å². The summed E-state index contributed by atoms with van der Waals surface area (Å²) in [6.07, 6.45) is 3.87. The lowest BCUT2D eigenvalue weighted by Crippen LogP contribution is -2.47. The lowest BCUT2D eigenvalue weighted by atomic mass is 9.80. The molecule has 0 unspecified atom stereocenters. The van der Waals surface area contributed by atoms with E-state index in [-0.39, 0.29) is 24.7 Å². The van der Waals surface area contributed by atoms with Gasteiger partial charge in [-0.1, -0.05) is 0 Å². The van der Waals surface area contributed by atoms with Crippen LogP contribution in [0.25, 0.3) is 0 Å². The van der Waals surface area contributed by atoms with Gasteiger partial charge in [0.1, 0.15) is 0 Å². The molecule has 0 bridgehead atoms. The summed E-state index contributed by atoms with van der Waals surface area (Å²) in [5.74, 6) is -3.34. The van der Waals surface area contributed by atoms with Crippen molar-refractivity contribution in [3.05, 3.63) is 15.6 Å². The normalized spacial score (nSPS) is 23.2. The second-order valence-corrected chi connectivity index (χ2v) is 8.61. The summed E-state index contributed by atoms with van der Waals surface area (Å²) >= 11 is 1.43. The Morgan fingerprint density at radius 2 is 1.69 bits per heavy atom. The van der Waals surface area contributed by atoms with Gasteiger partial charge in [-0.15, -0.1) is 11.3 Å². The Kier molecular flexibility index (Phi) is 4.71. The van der Waals surface area contributed by atoms with Crippen LogP contribution in [-0.4, -0.2) is 58.7 Å². The zero-order valence-corrected chi connectivity index (χ0v) is 15.5. The summed E-state index contributed by atoms with van der Waals surface area (Å²) < 4.78 is 26.0. The molecule has 0 atom stereocenters. The van der Waals surface area contributed by atoms with Crippen molar-refractivity contribution in [1.82, 2.24) is 14.8 Å². The van der Waals surface area contributed by atoms with Crippen LogP contribution in [-0.2, 0) is 17.6 Å². The first-order chi connectivity index (χ1) is 12.4. The van der Waals surface area contributed by atoms with Crippen LogP contribution in [0.15, 0.2) is 0 Å². The van der Waals surface area contributed by atoms with E-state index < -0.39 is 11.8 Å². The van der Waals surface area contributed by atoms with E-state index >= 15 is 0 Å². The molecule has 3 aliphatic rings. The molecule has 142 valence electrons. The second-order valence-electron chi connectivity index (χ2n) is 7.53. The molecule has 3 heterocycles. The molecule has 2 amide bonds. The molecule has 0 N–H and O–H groups in total. The van der Waals surface area contributed by atoms with Gasteiger partial charge in [-0.3, -0.25) is 9.59 Å². The molecule has 1 aromatic heterocycles. The Hall–Kier alpha value is -1.57. The Morgan fingerprint density at radius 3 is 2.38 bits per heavy atom. The Bertz CT molecular complexity index is 682. The number of rotatable bonds is 2. The Balaban J connectivity index is 1.38. The fourth-order valence-electron chi connectivity index (χ4n) is 4.00. The van der Waals surface area contributed by atoms with Crippen molar-refractivity contribution in [2.24, 2.45) is 5.92 Å². The number of likely N-dealkylation sites (tertiary alicyclic amines) is 1. The number of halogens is 2. The van der Waals surface area contributed by atoms with E-state index in [1.165, 1.54) is 17.8 Å². The fraction of sp³-hybridized carbons (Fsp3) is 0.722. The van der Waals surface area contributed by atoms with E-state index in [1.54, 1.807) is 4.90 Å². The largest absolute Gasteiger partial charge is 0.342 e. The highest BCUT2D eigenvalue weighted by Gasteiger charge is 2.49. The lowest BCUT2D eigenvalue weighted by Gasteiger charge is -2.36. The average molecular weight is 383 g/mol. The topological polar surface area (TPSA) is 53.5 Å². The van der Waals surface area contributed by atoms with Gasteiger partial charge in [0.2, 0.25) is 11.8 Å². The van der Waals surface area contributed by atoms with Crippen molar-refractivity contribution >= 4 is 23.2 Å². The van der Waals surface area contributed by atoms with Gasteiger partial charge in [0, 0.05) is 62.7 Å². The van der Waals surface area contributed by atoms with Crippen molar-refractivity contribution in [2.75, 3.05) is 26.2 Å². The molecule has 1 saturated carbocycles. The van der Waals surface area contributed by atoms with Gasteiger partial charge in [-0.2, -0.15) is 0 Å². The number of piperidine rings is 1. The molecule has 0 aromatic carbocycles. The van der Waals surface area contributed by atoms with Crippen LogP contribution in [0.1, 0.15) is 52.5 Å². The highest BCUT2D eigenvalue weighted by atomic mass is 32.1. The number of aromatic nitrogens is 1. The van der Waals surface area contributed by atoms with E-state index in [1.807, 2.05) is 4.90 Å². The van der Waals surface area contributed by atoms with Gasteiger partial charge < -0.3 is 9.80 Å². The van der Waals surface area contributed by atoms with Gasteiger partial charge in [0.15, 0.2) is 5.01 Å². The first kappa shape index (κ1) is 17.8. The maximum absolute atomic E-state index is 13.0. The van der Waals surface area contributed by atoms with Crippen molar-refractivity contribution in [2.45, 2.75) is 50.9 Å². The molecule has 1 aliphatic carbocycles. The number of hydrogen-bond donors (Lipinski definition) is 0. The van der Waals surface area contributed by atoms with E-state index in [2.05, 4.69) is 4.98 Å². The number of amides is 2. The number of fused-ring (bicyclic) bond motifs is 1. The zero-order valence-electron chi connectivity index (χ0n) is 14.7. The van der Waals surface area contributed by atoms with E-state index in [0.29, 0.717) is 30.9 Å².